The van der Waals surface area contributed by atoms with Gasteiger partial charge in [-0.3, -0.25) is 10.1 Å². The fraction of sp³-hybridized carbons (Fsp3) is 0. The summed E-state index contributed by atoms with van der Waals surface area (Å²) in [5.74, 6) is -0.660. The Morgan fingerprint density at radius 3 is 2.86 bits per heavy atom. The van der Waals surface area contributed by atoms with Crippen LogP contribution in [0, 0.1) is 10.1 Å². The number of halogens is 1. The molecule has 0 N–H and O–H groups in total. The second kappa shape index (κ2) is 5.70. The lowest BCUT2D eigenvalue weighted by Gasteiger charge is -2.02. The summed E-state index contributed by atoms with van der Waals surface area (Å²) < 4.78 is 5.06. The van der Waals surface area contributed by atoms with E-state index in [1.54, 1.807) is 6.08 Å². The Bertz CT molecular complexity index is 827. The Kier molecular flexibility index (Phi) is 3.74. The fourth-order valence-corrected chi connectivity index (χ4v) is 2.67. The lowest BCUT2D eigenvalue weighted by atomic mass is 10.2. The van der Waals surface area contributed by atoms with Gasteiger partial charge in [-0.25, -0.2) is 9.79 Å². The van der Waals surface area contributed by atoms with Crippen molar-refractivity contribution in [1.82, 2.24) is 0 Å². The second-order valence-electron chi connectivity index (χ2n) is 4.27. The zero-order valence-electron chi connectivity index (χ0n) is 10.9. The number of rotatable bonds is 3. The monoisotopic (exact) mass is 334 g/mol. The number of benzene rings is 1. The van der Waals surface area contributed by atoms with Crippen molar-refractivity contribution in [2.75, 3.05) is 0 Å². The first-order valence-corrected chi connectivity index (χ1v) is 7.31. The van der Waals surface area contributed by atoms with Gasteiger partial charge in [0.2, 0.25) is 5.90 Å². The molecule has 22 heavy (non-hydrogen) atoms. The average Bonchev–Trinajstić information content (AvgIpc) is 3.10. The number of thiophene rings is 1. The highest BCUT2D eigenvalue weighted by Crippen LogP contribution is 2.27. The van der Waals surface area contributed by atoms with Crippen LogP contribution >= 0.6 is 22.9 Å². The van der Waals surface area contributed by atoms with Crippen molar-refractivity contribution in [3.05, 3.63) is 67.0 Å². The lowest BCUT2D eigenvalue weighted by molar-refractivity contribution is -0.384. The van der Waals surface area contributed by atoms with Crippen LogP contribution in [0.3, 0.4) is 0 Å². The second-order valence-corrected chi connectivity index (χ2v) is 5.66. The van der Waals surface area contributed by atoms with Gasteiger partial charge in [0, 0.05) is 17.0 Å². The molecule has 8 heteroatoms. The quantitative estimate of drug-likeness (QED) is 0.371. The van der Waals surface area contributed by atoms with Gasteiger partial charge < -0.3 is 4.74 Å². The molecule has 0 amide bonds. The molecule has 0 atom stereocenters. The van der Waals surface area contributed by atoms with Gasteiger partial charge in [0.05, 0.1) is 15.5 Å². The Hall–Kier alpha value is -2.51. The minimum absolute atomic E-state index is 0.0403. The predicted octanol–water partition coefficient (Wildman–Crippen LogP) is 3.65. The van der Waals surface area contributed by atoms with Gasteiger partial charge in [-0.05, 0) is 23.6 Å². The van der Waals surface area contributed by atoms with Crippen LogP contribution in [0.5, 0.6) is 0 Å². The summed E-state index contributed by atoms with van der Waals surface area (Å²) in [5.41, 5.74) is 0.174. The molecular formula is C14H7ClN2O4S. The molecule has 0 unspecified atom stereocenters. The summed E-state index contributed by atoms with van der Waals surface area (Å²) in [6.07, 6.45) is 1.59. The Balaban J connectivity index is 2.01. The number of carbonyl (C=O) groups excluding carboxylic acids is 1. The molecule has 0 fully saturated rings. The number of hydrogen-bond acceptors (Lipinski definition) is 6. The Morgan fingerprint density at radius 2 is 2.18 bits per heavy atom. The van der Waals surface area contributed by atoms with Crippen molar-refractivity contribution in [2.24, 2.45) is 4.99 Å². The minimum Gasteiger partial charge on any atom is -0.402 e. The molecule has 110 valence electrons. The van der Waals surface area contributed by atoms with E-state index in [0.29, 0.717) is 0 Å². The van der Waals surface area contributed by atoms with Crippen molar-refractivity contribution in [3.8, 4) is 0 Å². The van der Waals surface area contributed by atoms with Gasteiger partial charge in [0.15, 0.2) is 5.70 Å². The summed E-state index contributed by atoms with van der Waals surface area (Å²) in [4.78, 5) is 27.0. The maximum absolute atomic E-state index is 11.8. The highest BCUT2D eigenvalue weighted by Gasteiger charge is 2.27. The normalized spacial score (nSPS) is 15.8. The molecule has 0 saturated heterocycles. The summed E-state index contributed by atoms with van der Waals surface area (Å²) >= 11 is 7.46. The maximum Gasteiger partial charge on any atom is 0.363 e. The van der Waals surface area contributed by atoms with E-state index in [-0.39, 0.29) is 27.9 Å². The first-order chi connectivity index (χ1) is 10.5. The molecule has 2 aromatic rings. The Morgan fingerprint density at radius 1 is 1.36 bits per heavy atom. The van der Waals surface area contributed by atoms with Crippen molar-refractivity contribution in [2.45, 2.75) is 0 Å². The minimum atomic E-state index is -0.619. The largest absolute Gasteiger partial charge is 0.402 e. The van der Waals surface area contributed by atoms with Gasteiger partial charge in [-0.2, -0.15) is 0 Å². The number of esters is 1. The van der Waals surface area contributed by atoms with Crippen molar-refractivity contribution < 1.29 is 14.5 Å². The van der Waals surface area contributed by atoms with Crippen LogP contribution in [-0.2, 0) is 9.53 Å². The van der Waals surface area contributed by atoms with E-state index in [4.69, 9.17) is 16.3 Å². The number of hydrogen-bond donors (Lipinski definition) is 0. The molecule has 1 aliphatic heterocycles. The number of non-ortho nitro benzene ring substituents is 1. The highest BCUT2D eigenvalue weighted by molar-refractivity contribution is 7.10. The van der Waals surface area contributed by atoms with Crippen LogP contribution in [0.25, 0.3) is 6.08 Å². The lowest BCUT2D eigenvalue weighted by Crippen LogP contribution is -2.06. The highest BCUT2D eigenvalue weighted by atomic mass is 35.5. The number of nitrogens with zero attached hydrogens (tertiary/aromatic N) is 2. The van der Waals surface area contributed by atoms with E-state index in [1.807, 2.05) is 17.5 Å². The van der Waals surface area contributed by atoms with Crippen LogP contribution in [0.1, 0.15) is 10.4 Å². The number of carbonyl (C=O) groups is 1. The van der Waals surface area contributed by atoms with E-state index in [1.165, 1.54) is 29.5 Å². The number of cyclic esters (lactones) is 1. The summed E-state index contributed by atoms with van der Waals surface area (Å²) in [5, 5.41) is 12.9. The molecule has 6 nitrogen and oxygen atoms in total. The summed E-state index contributed by atoms with van der Waals surface area (Å²) in [6.45, 7) is 0. The van der Waals surface area contributed by atoms with Crippen LogP contribution in [0.2, 0.25) is 5.02 Å². The van der Waals surface area contributed by atoms with Gasteiger partial charge in [-0.15, -0.1) is 11.3 Å². The van der Waals surface area contributed by atoms with E-state index in [0.717, 1.165) is 4.88 Å². The molecular weight excluding hydrogens is 328 g/mol. The average molecular weight is 335 g/mol. The fourth-order valence-electron chi connectivity index (χ4n) is 1.82. The smallest absolute Gasteiger partial charge is 0.363 e. The first-order valence-electron chi connectivity index (χ1n) is 6.05. The van der Waals surface area contributed by atoms with Crippen molar-refractivity contribution in [3.63, 3.8) is 0 Å². The standard InChI is InChI=1S/C14H7ClN2O4S/c15-11-4-3-8(17(19)20)6-10(11)13-16-12(14(18)21-13)7-9-2-1-5-22-9/h1-7H. The zero-order valence-corrected chi connectivity index (χ0v) is 12.4. The molecule has 0 saturated carbocycles. The SMILES string of the molecule is O=C1OC(c2cc([N+](=O)[O-])ccc2Cl)=NC1=Cc1cccs1. The van der Waals surface area contributed by atoms with E-state index < -0.39 is 10.9 Å². The molecule has 0 spiro atoms. The Labute approximate surface area is 133 Å². The summed E-state index contributed by atoms with van der Waals surface area (Å²) in [7, 11) is 0. The summed E-state index contributed by atoms with van der Waals surface area (Å²) in [6, 6.07) is 7.54. The van der Waals surface area contributed by atoms with Crippen LogP contribution in [-0.4, -0.2) is 16.8 Å². The maximum atomic E-state index is 11.8. The first kappa shape index (κ1) is 14.4. The van der Waals surface area contributed by atoms with Crippen molar-refractivity contribution in [1.29, 1.82) is 0 Å². The van der Waals surface area contributed by atoms with Crippen LogP contribution in [0.15, 0.2) is 46.4 Å². The molecule has 1 aromatic heterocycles. The van der Waals surface area contributed by atoms with Gasteiger partial charge in [0.25, 0.3) is 5.69 Å². The molecule has 0 aliphatic carbocycles. The molecule has 2 heterocycles. The molecule has 0 radical (unpaired) electrons. The molecule has 1 aromatic carbocycles. The number of nitro benzene ring substituents is 1. The molecule has 1 aliphatic rings. The van der Waals surface area contributed by atoms with Crippen LogP contribution in [0.4, 0.5) is 5.69 Å². The van der Waals surface area contributed by atoms with E-state index >= 15 is 0 Å². The molecule has 3 rings (SSSR count). The molecule has 0 bridgehead atoms. The number of ether oxygens (including phenoxy) is 1. The van der Waals surface area contributed by atoms with Crippen molar-refractivity contribution >= 4 is 46.6 Å². The number of aliphatic imine (C=N–C) groups is 1. The zero-order chi connectivity index (χ0) is 15.7. The third-order valence-corrected chi connectivity index (χ3v) is 3.98. The third-order valence-electron chi connectivity index (χ3n) is 2.83. The topological polar surface area (TPSA) is 81.8 Å². The van der Waals surface area contributed by atoms with Gasteiger partial charge >= 0.3 is 5.97 Å². The third kappa shape index (κ3) is 2.76. The van der Waals surface area contributed by atoms with Crippen LogP contribution < -0.4 is 0 Å². The van der Waals surface area contributed by atoms with Gasteiger partial charge in [-0.1, -0.05) is 17.7 Å². The number of nitro groups is 1. The van der Waals surface area contributed by atoms with E-state index in [2.05, 4.69) is 4.99 Å². The van der Waals surface area contributed by atoms with Gasteiger partial charge in [0.1, 0.15) is 0 Å². The predicted molar refractivity (Wildman–Crippen MR) is 83.0 cm³/mol. The van der Waals surface area contributed by atoms with E-state index in [9.17, 15) is 14.9 Å².